The molecule has 0 bridgehead atoms. The van der Waals surface area contributed by atoms with Gasteiger partial charge in [0.2, 0.25) is 5.91 Å². The summed E-state index contributed by atoms with van der Waals surface area (Å²) in [7, 11) is 0. The second-order valence-corrected chi connectivity index (χ2v) is 7.07. The molecule has 1 N–H and O–H groups in total. The Morgan fingerprint density at radius 1 is 1.14 bits per heavy atom. The van der Waals surface area contributed by atoms with Gasteiger partial charge in [0.25, 0.3) is 5.91 Å². The Balaban J connectivity index is 1.56. The topological polar surface area (TPSA) is 62.3 Å². The zero-order chi connectivity index (χ0) is 20.4. The van der Waals surface area contributed by atoms with Crippen LogP contribution in [0.15, 0.2) is 66.9 Å². The van der Waals surface area contributed by atoms with Gasteiger partial charge < -0.3 is 5.32 Å². The van der Waals surface area contributed by atoms with Crippen molar-refractivity contribution in [3.05, 3.63) is 95.1 Å². The highest BCUT2D eigenvalue weighted by Gasteiger charge is 2.39. The molecule has 6 heteroatoms. The molecule has 0 unspecified atom stereocenters. The van der Waals surface area contributed by atoms with Crippen molar-refractivity contribution in [1.29, 1.82) is 0 Å². The summed E-state index contributed by atoms with van der Waals surface area (Å²) in [6.45, 7) is 2.19. The number of benzene rings is 2. The molecule has 3 aromatic rings. The highest BCUT2D eigenvalue weighted by molar-refractivity contribution is 6.11. The summed E-state index contributed by atoms with van der Waals surface area (Å²) in [5.74, 6) is -0.746. The summed E-state index contributed by atoms with van der Waals surface area (Å²) in [4.78, 5) is 31.6. The number of nitrogens with one attached hydrogen (secondary N) is 1. The molecular formula is C23H20FN3O2. The van der Waals surface area contributed by atoms with E-state index in [9.17, 15) is 14.0 Å². The Hall–Kier alpha value is -3.54. The number of aromatic nitrogens is 1. The van der Waals surface area contributed by atoms with Crippen molar-refractivity contribution in [3.63, 3.8) is 0 Å². The molecule has 2 aromatic carbocycles. The lowest BCUT2D eigenvalue weighted by atomic mass is 10.1. The number of anilines is 1. The first-order chi connectivity index (χ1) is 14.0. The van der Waals surface area contributed by atoms with Crippen LogP contribution in [0.3, 0.4) is 0 Å². The van der Waals surface area contributed by atoms with Crippen molar-refractivity contribution in [3.8, 4) is 0 Å². The molecule has 0 spiro atoms. The van der Waals surface area contributed by atoms with Crippen LogP contribution in [0, 0.1) is 12.7 Å². The number of hydrogen-bond donors (Lipinski definition) is 1. The van der Waals surface area contributed by atoms with E-state index in [-0.39, 0.29) is 30.6 Å². The van der Waals surface area contributed by atoms with E-state index in [4.69, 9.17) is 0 Å². The third-order valence-corrected chi connectivity index (χ3v) is 4.98. The van der Waals surface area contributed by atoms with Gasteiger partial charge in [-0.05, 0) is 48.9 Å². The highest BCUT2D eigenvalue weighted by Crippen LogP contribution is 2.38. The van der Waals surface area contributed by atoms with Crippen LogP contribution in [0.4, 0.5) is 10.1 Å². The molecule has 5 nitrogen and oxygen atoms in total. The van der Waals surface area contributed by atoms with Gasteiger partial charge in [-0.15, -0.1) is 0 Å². The van der Waals surface area contributed by atoms with Crippen LogP contribution in [-0.4, -0.2) is 16.8 Å². The molecule has 4 rings (SSSR count). The Morgan fingerprint density at radius 2 is 1.93 bits per heavy atom. The van der Waals surface area contributed by atoms with Gasteiger partial charge in [-0.1, -0.05) is 29.8 Å². The van der Waals surface area contributed by atoms with Crippen LogP contribution in [0.5, 0.6) is 0 Å². The predicted molar refractivity (Wildman–Crippen MR) is 108 cm³/mol. The number of aryl methyl sites for hydroxylation is 1. The minimum absolute atomic E-state index is 0.0684. The number of halogens is 1. The normalized spacial score (nSPS) is 15.3. The summed E-state index contributed by atoms with van der Waals surface area (Å²) in [5.41, 5.74) is 3.59. The molecule has 0 radical (unpaired) electrons. The third-order valence-electron chi connectivity index (χ3n) is 4.98. The van der Waals surface area contributed by atoms with Gasteiger partial charge in [0, 0.05) is 18.4 Å². The molecule has 1 atom stereocenters. The van der Waals surface area contributed by atoms with Gasteiger partial charge in [-0.2, -0.15) is 0 Å². The van der Waals surface area contributed by atoms with E-state index in [2.05, 4.69) is 10.3 Å². The zero-order valence-corrected chi connectivity index (χ0v) is 15.9. The lowest BCUT2D eigenvalue weighted by Crippen LogP contribution is -2.33. The Labute approximate surface area is 168 Å². The van der Waals surface area contributed by atoms with E-state index in [0.29, 0.717) is 16.8 Å². The minimum atomic E-state index is -0.492. The van der Waals surface area contributed by atoms with Gasteiger partial charge in [-0.3, -0.25) is 19.5 Å². The lowest BCUT2D eigenvalue weighted by Gasteiger charge is -2.24. The SMILES string of the molecule is Cc1ccc(N2C(=O)c3cccnc3[C@@H]2CC(=O)NCc2cccc(F)c2)cc1. The van der Waals surface area contributed by atoms with Crippen LogP contribution >= 0.6 is 0 Å². The molecule has 0 saturated heterocycles. The standard InChI is InChI=1S/C23H20FN3O2/c1-15-7-9-18(10-8-15)27-20(22-19(23(27)29)6-3-11-25-22)13-21(28)26-14-16-4-2-5-17(24)12-16/h2-12,20H,13-14H2,1H3,(H,26,28)/t20-/m0/s1. The van der Waals surface area contributed by atoms with E-state index < -0.39 is 6.04 Å². The number of fused-ring (bicyclic) bond motifs is 1. The Bertz CT molecular complexity index is 1070. The van der Waals surface area contributed by atoms with Gasteiger partial charge in [-0.25, -0.2) is 4.39 Å². The first-order valence-corrected chi connectivity index (χ1v) is 9.39. The molecule has 1 aromatic heterocycles. The Kier molecular flexibility index (Phi) is 5.08. The van der Waals surface area contributed by atoms with Crippen LogP contribution in [0.1, 0.15) is 39.6 Å². The average Bonchev–Trinajstić information content (AvgIpc) is 2.99. The third kappa shape index (κ3) is 3.87. The van der Waals surface area contributed by atoms with Crippen molar-refractivity contribution >= 4 is 17.5 Å². The van der Waals surface area contributed by atoms with Gasteiger partial charge in [0.15, 0.2) is 0 Å². The van der Waals surface area contributed by atoms with Crippen LogP contribution in [-0.2, 0) is 11.3 Å². The van der Waals surface area contributed by atoms with Crippen LogP contribution in [0.25, 0.3) is 0 Å². The minimum Gasteiger partial charge on any atom is -0.352 e. The summed E-state index contributed by atoms with van der Waals surface area (Å²) in [5, 5.41) is 2.81. The molecule has 1 aliphatic heterocycles. The number of carbonyl (C=O) groups is 2. The van der Waals surface area contributed by atoms with Crippen LogP contribution < -0.4 is 10.2 Å². The number of nitrogens with zero attached hydrogens (tertiary/aromatic N) is 2. The maximum absolute atomic E-state index is 13.3. The van der Waals surface area contributed by atoms with Crippen molar-refractivity contribution in [2.45, 2.75) is 25.9 Å². The summed E-state index contributed by atoms with van der Waals surface area (Å²) >= 11 is 0. The van der Waals surface area contributed by atoms with Crippen molar-refractivity contribution < 1.29 is 14.0 Å². The van der Waals surface area contributed by atoms with Gasteiger partial charge in [0.05, 0.1) is 23.7 Å². The molecule has 0 fully saturated rings. The van der Waals surface area contributed by atoms with Gasteiger partial charge >= 0.3 is 0 Å². The van der Waals surface area contributed by atoms with E-state index in [1.165, 1.54) is 12.1 Å². The molecule has 29 heavy (non-hydrogen) atoms. The van der Waals surface area contributed by atoms with E-state index >= 15 is 0 Å². The Morgan fingerprint density at radius 3 is 2.69 bits per heavy atom. The smallest absolute Gasteiger partial charge is 0.260 e. The highest BCUT2D eigenvalue weighted by atomic mass is 19.1. The van der Waals surface area contributed by atoms with Gasteiger partial charge in [0.1, 0.15) is 5.82 Å². The van der Waals surface area contributed by atoms with Crippen molar-refractivity contribution in [2.75, 3.05) is 4.90 Å². The number of hydrogen-bond acceptors (Lipinski definition) is 3. The molecule has 1 aliphatic rings. The molecule has 2 amide bonds. The van der Waals surface area contributed by atoms with E-state index in [1.807, 2.05) is 31.2 Å². The fourth-order valence-corrected chi connectivity index (χ4v) is 3.54. The molecule has 146 valence electrons. The first-order valence-electron chi connectivity index (χ1n) is 9.39. The van der Waals surface area contributed by atoms with Crippen molar-refractivity contribution in [2.24, 2.45) is 0 Å². The van der Waals surface area contributed by atoms with E-state index in [1.54, 1.807) is 35.4 Å². The number of rotatable bonds is 5. The summed E-state index contributed by atoms with van der Waals surface area (Å²) in [6.07, 6.45) is 1.70. The second kappa shape index (κ2) is 7.83. The number of carbonyl (C=O) groups excluding carboxylic acids is 2. The van der Waals surface area contributed by atoms with Crippen LogP contribution in [0.2, 0.25) is 0 Å². The monoisotopic (exact) mass is 389 g/mol. The fourth-order valence-electron chi connectivity index (χ4n) is 3.54. The summed E-state index contributed by atoms with van der Waals surface area (Å²) < 4.78 is 13.3. The molecule has 0 aliphatic carbocycles. The quantitative estimate of drug-likeness (QED) is 0.719. The molecule has 0 saturated carbocycles. The first kappa shape index (κ1) is 18.8. The average molecular weight is 389 g/mol. The maximum Gasteiger partial charge on any atom is 0.260 e. The fraction of sp³-hybridized carbons (Fsp3) is 0.174. The predicted octanol–water partition coefficient (Wildman–Crippen LogP) is 3.94. The number of amides is 2. The van der Waals surface area contributed by atoms with E-state index in [0.717, 1.165) is 11.3 Å². The number of pyridine rings is 1. The maximum atomic E-state index is 13.3. The summed E-state index contributed by atoms with van der Waals surface area (Å²) in [6, 6.07) is 16.7. The largest absolute Gasteiger partial charge is 0.352 e. The lowest BCUT2D eigenvalue weighted by molar-refractivity contribution is -0.121. The second-order valence-electron chi connectivity index (χ2n) is 7.07. The zero-order valence-electron chi connectivity index (χ0n) is 15.9. The van der Waals surface area contributed by atoms with Crippen molar-refractivity contribution in [1.82, 2.24) is 10.3 Å². The molecule has 2 heterocycles. The molecular weight excluding hydrogens is 369 g/mol.